The van der Waals surface area contributed by atoms with Crippen LogP contribution in [0.2, 0.25) is 0 Å². The molecule has 0 spiro atoms. The number of hydrogen-bond acceptors (Lipinski definition) is 9. The molecule has 15 heteroatoms. The zero-order valence-corrected chi connectivity index (χ0v) is 31.5. The number of ether oxygens (including phenoxy) is 2. The molecule has 7 rings (SSSR count). The molecule has 4 N–H and O–H groups in total. The molecule has 53 heavy (non-hydrogen) atoms. The highest BCUT2D eigenvalue weighted by Crippen LogP contribution is 2.36. The first-order valence-corrected chi connectivity index (χ1v) is 19.4. The predicted octanol–water partition coefficient (Wildman–Crippen LogP) is 6.81. The van der Waals surface area contributed by atoms with Crippen molar-refractivity contribution in [1.82, 2.24) is 30.6 Å². The Kier molecular flexibility index (Phi) is 10.9. The molecule has 0 aliphatic carbocycles. The Balaban J connectivity index is 1.02. The SMILES string of the molecule is COC(=O)NCCC(=O)Pc1ncc(-c2cc3ccc(-c4ccc5cc(-c6ccc7nc(PC(=O)CCNC(=O)OC)[nH]c7c6)ccc5c4)cc3s2)[nH]1. The number of nitrogens with zero attached hydrogens (tertiary/aromatic N) is 2. The van der Waals surface area contributed by atoms with Crippen molar-refractivity contribution in [2.75, 3.05) is 27.3 Å². The minimum Gasteiger partial charge on any atom is -0.453 e. The van der Waals surface area contributed by atoms with Gasteiger partial charge in [0.05, 0.1) is 42.0 Å². The van der Waals surface area contributed by atoms with Gasteiger partial charge >= 0.3 is 12.2 Å². The quantitative estimate of drug-likeness (QED) is 0.0930. The van der Waals surface area contributed by atoms with Crippen LogP contribution in [0.15, 0.2) is 85.1 Å². The van der Waals surface area contributed by atoms with E-state index in [0.717, 1.165) is 64.7 Å². The van der Waals surface area contributed by atoms with E-state index in [1.54, 1.807) is 17.5 Å². The summed E-state index contributed by atoms with van der Waals surface area (Å²) in [6.07, 6.45) is 1.06. The molecule has 2 unspecified atom stereocenters. The fourth-order valence-electron chi connectivity index (χ4n) is 5.80. The van der Waals surface area contributed by atoms with Gasteiger partial charge in [0.15, 0.2) is 11.0 Å². The molecule has 2 atom stereocenters. The number of methoxy groups -OCH3 is 2. The van der Waals surface area contributed by atoms with Crippen molar-refractivity contribution in [3.63, 3.8) is 0 Å². The average Bonchev–Trinajstić information content (AvgIpc) is 3.91. The zero-order valence-electron chi connectivity index (χ0n) is 28.7. The molecular weight excluding hydrogens is 730 g/mol. The lowest BCUT2D eigenvalue weighted by molar-refractivity contribution is -0.111. The van der Waals surface area contributed by atoms with Gasteiger partial charge in [-0.3, -0.25) is 9.59 Å². The van der Waals surface area contributed by atoms with Crippen LogP contribution in [0.3, 0.4) is 0 Å². The van der Waals surface area contributed by atoms with Crippen molar-refractivity contribution >= 4 is 94.8 Å². The van der Waals surface area contributed by atoms with Crippen LogP contribution >= 0.6 is 28.5 Å². The third-order valence-electron chi connectivity index (χ3n) is 8.48. The summed E-state index contributed by atoms with van der Waals surface area (Å²) in [5.74, 6) is 0. The molecule has 3 aromatic heterocycles. The third-order valence-corrected chi connectivity index (χ3v) is 11.6. The van der Waals surface area contributed by atoms with Crippen LogP contribution in [0.25, 0.3) is 64.7 Å². The van der Waals surface area contributed by atoms with E-state index in [4.69, 9.17) is 0 Å². The number of benzene rings is 4. The van der Waals surface area contributed by atoms with Crippen LogP contribution < -0.4 is 21.8 Å². The molecule has 0 bridgehead atoms. The lowest BCUT2D eigenvalue weighted by Gasteiger charge is -2.08. The van der Waals surface area contributed by atoms with E-state index in [9.17, 15) is 19.2 Å². The van der Waals surface area contributed by atoms with Gasteiger partial charge in [0.25, 0.3) is 0 Å². The maximum atomic E-state index is 12.4. The van der Waals surface area contributed by atoms with E-state index >= 15 is 0 Å². The number of H-pyrrole nitrogens is 2. The topological polar surface area (TPSA) is 168 Å². The standard InChI is InChI=1S/C38H34N6O6P2S/c1-49-37(47)39-13-11-33(45)51-35-41-20-30(44-35)32-19-27-8-7-26(18-31(27)53-32)24-6-4-21-15-23(5-3-22(21)16-24)25-9-10-28-29(17-25)43-36(42-28)52-34(46)12-14-40-38(48)50-2/h3-10,15-20,51-52H,11-14H2,1-2H3,(H,39,47)(H,40,48)(H,41,44)(H,42,43). The molecule has 3 heterocycles. The Morgan fingerprint density at radius 1 is 0.679 bits per heavy atom. The summed E-state index contributed by atoms with van der Waals surface area (Å²) in [4.78, 5) is 63.8. The Morgan fingerprint density at radius 2 is 1.25 bits per heavy atom. The highest BCUT2D eigenvalue weighted by atomic mass is 32.1. The van der Waals surface area contributed by atoms with Crippen LogP contribution in [-0.2, 0) is 19.1 Å². The van der Waals surface area contributed by atoms with E-state index in [1.165, 1.54) is 14.2 Å². The highest BCUT2D eigenvalue weighted by molar-refractivity contribution is 7.65. The van der Waals surface area contributed by atoms with Gasteiger partial charge in [0.1, 0.15) is 11.1 Å². The second-order valence-electron chi connectivity index (χ2n) is 12.0. The number of alkyl carbamates (subject to hydrolysis) is 2. The van der Waals surface area contributed by atoms with Crippen molar-refractivity contribution in [2.24, 2.45) is 0 Å². The van der Waals surface area contributed by atoms with Crippen molar-refractivity contribution in [2.45, 2.75) is 12.8 Å². The number of nitrogens with one attached hydrogen (secondary N) is 4. The van der Waals surface area contributed by atoms with Crippen LogP contribution in [0.1, 0.15) is 12.8 Å². The molecular formula is C38H34N6O6P2S. The first-order chi connectivity index (χ1) is 25.7. The molecule has 268 valence electrons. The van der Waals surface area contributed by atoms with E-state index in [1.807, 2.05) is 12.1 Å². The van der Waals surface area contributed by atoms with Gasteiger partial charge in [0, 0.05) is 47.8 Å². The molecule has 2 amide bonds. The van der Waals surface area contributed by atoms with Crippen molar-refractivity contribution < 1.29 is 28.7 Å². The first kappa shape index (κ1) is 35.9. The first-order valence-electron chi connectivity index (χ1n) is 16.6. The summed E-state index contributed by atoms with van der Waals surface area (Å²) in [6.45, 7) is 0.446. The van der Waals surface area contributed by atoms with Crippen LogP contribution in [0.5, 0.6) is 0 Å². The van der Waals surface area contributed by atoms with E-state index in [-0.39, 0.29) is 54.1 Å². The summed E-state index contributed by atoms with van der Waals surface area (Å²) < 4.78 is 10.2. The largest absolute Gasteiger partial charge is 0.453 e. The van der Waals surface area contributed by atoms with E-state index in [0.29, 0.717) is 11.1 Å². The molecule has 0 aliphatic rings. The predicted molar refractivity (Wildman–Crippen MR) is 213 cm³/mol. The molecule has 0 saturated heterocycles. The number of aromatic nitrogens is 4. The number of thiophene rings is 1. The molecule has 0 aliphatic heterocycles. The second kappa shape index (κ2) is 16.0. The van der Waals surface area contributed by atoms with Crippen LogP contribution in [-0.4, -0.2) is 70.5 Å². The average molecular weight is 765 g/mol. The lowest BCUT2D eigenvalue weighted by atomic mass is 9.97. The van der Waals surface area contributed by atoms with Crippen molar-refractivity contribution in [3.8, 4) is 32.8 Å². The lowest BCUT2D eigenvalue weighted by Crippen LogP contribution is -2.25. The molecule has 12 nitrogen and oxygen atoms in total. The smallest absolute Gasteiger partial charge is 0.406 e. The van der Waals surface area contributed by atoms with E-state index in [2.05, 4.69) is 107 Å². The fourth-order valence-corrected chi connectivity index (χ4v) is 8.59. The van der Waals surface area contributed by atoms with Crippen LogP contribution in [0.4, 0.5) is 9.59 Å². The molecule has 0 fully saturated rings. The number of imidazole rings is 2. The highest BCUT2D eigenvalue weighted by Gasteiger charge is 2.14. The fraction of sp³-hybridized carbons (Fsp3) is 0.158. The number of hydrogen-bond donors (Lipinski definition) is 4. The molecule has 4 aromatic carbocycles. The monoisotopic (exact) mass is 764 g/mol. The number of amides is 2. The van der Waals surface area contributed by atoms with Crippen molar-refractivity contribution in [3.05, 3.63) is 85.1 Å². The number of aromatic amines is 2. The second-order valence-corrected chi connectivity index (χ2v) is 15.7. The van der Waals surface area contributed by atoms with Gasteiger partial charge < -0.3 is 30.1 Å². The van der Waals surface area contributed by atoms with Gasteiger partial charge in [0.2, 0.25) is 0 Å². The summed E-state index contributed by atoms with van der Waals surface area (Å²) in [7, 11) is 2.31. The Hall–Kier alpha value is -5.48. The van der Waals surface area contributed by atoms with Gasteiger partial charge in [-0.15, -0.1) is 11.3 Å². The Morgan fingerprint density at radius 3 is 1.89 bits per heavy atom. The normalized spacial score (nSPS) is 11.7. The van der Waals surface area contributed by atoms with Gasteiger partial charge in [-0.1, -0.05) is 42.5 Å². The maximum Gasteiger partial charge on any atom is 0.406 e. The zero-order chi connectivity index (χ0) is 36.9. The van der Waals surface area contributed by atoms with Crippen LogP contribution in [0, 0.1) is 0 Å². The maximum absolute atomic E-state index is 12.4. The third kappa shape index (κ3) is 8.60. The number of rotatable bonds is 13. The Labute approximate surface area is 311 Å². The summed E-state index contributed by atoms with van der Waals surface area (Å²) in [6, 6.07) is 27.6. The Bertz CT molecular complexity index is 2510. The number of carbonyl (C=O) groups is 4. The van der Waals surface area contributed by atoms with Gasteiger partial charge in [-0.2, -0.15) is 0 Å². The van der Waals surface area contributed by atoms with Gasteiger partial charge in [-0.05, 0) is 74.8 Å². The number of fused-ring (bicyclic) bond motifs is 3. The van der Waals surface area contributed by atoms with E-state index < -0.39 is 12.2 Å². The molecule has 0 radical (unpaired) electrons. The number of carbonyl (C=O) groups excluding carboxylic acids is 4. The molecule has 7 aromatic rings. The summed E-state index contributed by atoms with van der Waals surface area (Å²) in [5, 5.41) is 8.42. The minimum absolute atomic E-state index is 0.00377. The summed E-state index contributed by atoms with van der Waals surface area (Å²) >= 11 is 1.67. The minimum atomic E-state index is -0.557. The van der Waals surface area contributed by atoms with Gasteiger partial charge in [-0.25, -0.2) is 19.6 Å². The summed E-state index contributed by atoms with van der Waals surface area (Å²) in [5.41, 5.74) is 8.09. The van der Waals surface area contributed by atoms with Crippen molar-refractivity contribution in [1.29, 1.82) is 0 Å². The molecule has 0 saturated carbocycles.